The highest BCUT2D eigenvalue weighted by Gasteiger charge is 2.29. The third kappa shape index (κ3) is 5.53. The van der Waals surface area contributed by atoms with Crippen molar-refractivity contribution in [3.05, 3.63) is 24.3 Å². The highest BCUT2D eigenvalue weighted by atomic mass is 16.5. The molecule has 0 bridgehead atoms. The van der Waals surface area contributed by atoms with Crippen LogP contribution in [-0.2, 0) is 9.59 Å². The van der Waals surface area contributed by atoms with Gasteiger partial charge in [-0.2, -0.15) is 0 Å². The van der Waals surface area contributed by atoms with Crippen molar-refractivity contribution in [2.24, 2.45) is 5.92 Å². The predicted octanol–water partition coefficient (Wildman–Crippen LogP) is 0.453. The Morgan fingerprint density at radius 2 is 1.92 bits per heavy atom. The normalized spacial score (nSPS) is 16.1. The number of benzene rings is 1. The third-order valence-electron chi connectivity index (χ3n) is 4.42. The third-order valence-corrected chi connectivity index (χ3v) is 4.42. The van der Waals surface area contributed by atoms with Gasteiger partial charge in [0.1, 0.15) is 5.75 Å². The average Bonchev–Trinajstić information content (AvgIpc) is 3.39. The summed E-state index contributed by atoms with van der Waals surface area (Å²) in [4.78, 5) is 25.3. The summed E-state index contributed by atoms with van der Waals surface area (Å²) >= 11 is 0. The lowest BCUT2D eigenvalue weighted by Gasteiger charge is -2.19. The monoisotopic (exact) mass is 334 g/mol. The molecule has 0 heterocycles. The molecule has 2 atom stereocenters. The van der Waals surface area contributed by atoms with Crippen LogP contribution in [0.1, 0.15) is 26.7 Å². The molecule has 1 aromatic carbocycles. The van der Waals surface area contributed by atoms with Gasteiger partial charge in [-0.25, -0.2) is 0 Å². The van der Waals surface area contributed by atoms with Crippen molar-refractivity contribution < 1.29 is 19.2 Å². The molecule has 1 aliphatic rings. The van der Waals surface area contributed by atoms with E-state index in [2.05, 4.69) is 17.6 Å². The number of anilines is 1. The van der Waals surface area contributed by atoms with Gasteiger partial charge in [0.2, 0.25) is 0 Å². The second-order valence-electron chi connectivity index (χ2n) is 6.40. The summed E-state index contributed by atoms with van der Waals surface area (Å²) in [6.07, 6.45) is 2.40. The Morgan fingerprint density at radius 1 is 1.25 bits per heavy atom. The number of carbonyl (C=O) groups excluding carboxylic acids is 2. The quantitative estimate of drug-likeness (QED) is 0.614. The molecule has 0 aromatic heterocycles. The molecule has 1 aromatic rings. The number of hydrogen-bond acceptors (Lipinski definition) is 3. The van der Waals surface area contributed by atoms with Crippen molar-refractivity contribution in [1.29, 1.82) is 0 Å². The summed E-state index contributed by atoms with van der Waals surface area (Å²) in [5.74, 6) is 1.14. The zero-order chi connectivity index (χ0) is 17.5. The maximum absolute atomic E-state index is 12.3. The SMILES string of the molecule is CC[NH+](CC(=O)Nc1ccccc1OC)CC(=O)N[C@H](C)C1CC1. The first-order chi connectivity index (χ1) is 11.5. The zero-order valence-corrected chi connectivity index (χ0v) is 14.7. The van der Waals surface area contributed by atoms with E-state index in [4.69, 9.17) is 4.74 Å². The fourth-order valence-electron chi connectivity index (χ4n) is 2.73. The Kier molecular flexibility index (Phi) is 6.61. The number of quaternary nitrogens is 1. The van der Waals surface area contributed by atoms with Crippen LogP contribution in [0.15, 0.2) is 24.3 Å². The first-order valence-electron chi connectivity index (χ1n) is 8.59. The minimum absolute atomic E-state index is 0.0105. The molecule has 1 saturated carbocycles. The second-order valence-corrected chi connectivity index (χ2v) is 6.40. The van der Waals surface area contributed by atoms with E-state index < -0.39 is 0 Å². The van der Waals surface area contributed by atoms with Crippen LogP contribution in [0.5, 0.6) is 5.75 Å². The first kappa shape index (κ1) is 18.3. The Labute approximate surface area is 143 Å². The van der Waals surface area contributed by atoms with Gasteiger partial charge in [0.15, 0.2) is 13.1 Å². The molecule has 1 fully saturated rings. The minimum atomic E-state index is -0.126. The van der Waals surface area contributed by atoms with Crippen LogP contribution in [0, 0.1) is 5.92 Å². The van der Waals surface area contributed by atoms with Gasteiger partial charge in [-0.05, 0) is 44.7 Å². The molecular formula is C18H28N3O3+. The molecule has 1 unspecified atom stereocenters. The number of amides is 2. The van der Waals surface area contributed by atoms with Gasteiger partial charge in [-0.1, -0.05) is 12.1 Å². The van der Waals surface area contributed by atoms with Gasteiger partial charge in [-0.3, -0.25) is 9.59 Å². The molecule has 6 nitrogen and oxygen atoms in total. The van der Waals surface area contributed by atoms with E-state index >= 15 is 0 Å². The fraction of sp³-hybridized carbons (Fsp3) is 0.556. The summed E-state index contributed by atoms with van der Waals surface area (Å²) in [5, 5.41) is 5.89. The highest BCUT2D eigenvalue weighted by Crippen LogP contribution is 2.32. The molecule has 0 radical (unpaired) electrons. The maximum atomic E-state index is 12.3. The molecular weight excluding hydrogens is 306 g/mol. The van der Waals surface area contributed by atoms with Crippen LogP contribution in [0.25, 0.3) is 0 Å². The zero-order valence-electron chi connectivity index (χ0n) is 14.7. The van der Waals surface area contributed by atoms with Crippen molar-refractivity contribution in [1.82, 2.24) is 5.32 Å². The van der Waals surface area contributed by atoms with E-state index in [1.807, 2.05) is 19.1 Å². The molecule has 6 heteroatoms. The van der Waals surface area contributed by atoms with E-state index in [-0.39, 0.29) is 24.4 Å². The Hall–Kier alpha value is -2.08. The van der Waals surface area contributed by atoms with E-state index in [1.165, 1.54) is 12.8 Å². The summed E-state index contributed by atoms with van der Waals surface area (Å²) < 4.78 is 5.23. The number of carbonyl (C=O) groups is 2. The second kappa shape index (κ2) is 8.68. The smallest absolute Gasteiger partial charge is 0.279 e. The fourth-order valence-corrected chi connectivity index (χ4v) is 2.73. The van der Waals surface area contributed by atoms with Crippen LogP contribution in [0.3, 0.4) is 0 Å². The van der Waals surface area contributed by atoms with E-state index in [9.17, 15) is 9.59 Å². The first-order valence-corrected chi connectivity index (χ1v) is 8.59. The van der Waals surface area contributed by atoms with Gasteiger partial charge in [0.25, 0.3) is 11.8 Å². The van der Waals surface area contributed by atoms with Crippen LogP contribution in [-0.4, -0.2) is 44.6 Å². The van der Waals surface area contributed by atoms with Crippen LogP contribution >= 0.6 is 0 Å². The summed E-state index contributed by atoms with van der Waals surface area (Å²) in [7, 11) is 1.57. The van der Waals surface area contributed by atoms with Gasteiger partial charge in [-0.15, -0.1) is 0 Å². The van der Waals surface area contributed by atoms with Crippen molar-refractivity contribution in [3.63, 3.8) is 0 Å². The van der Waals surface area contributed by atoms with Crippen molar-refractivity contribution >= 4 is 17.5 Å². The molecule has 24 heavy (non-hydrogen) atoms. The Bertz CT molecular complexity index is 572. The van der Waals surface area contributed by atoms with Crippen molar-refractivity contribution in [2.45, 2.75) is 32.7 Å². The minimum Gasteiger partial charge on any atom is -0.495 e. The number of likely N-dealkylation sites (N-methyl/N-ethyl adjacent to an activating group) is 1. The predicted molar refractivity (Wildman–Crippen MR) is 93.2 cm³/mol. The molecule has 2 amide bonds. The van der Waals surface area contributed by atoms with Gasteiger partial charge < -0.3 is 20.3 Å². The molecule has 1 aliphatic carbocycles. The molecule has 0 saturated heterocycles. The number of methoxy groups -OCH3 is 1. The molecule has 0 spiro atoms. The Morgan fingerprint density at radius 3 is 2.54 bits per heavy atom. The van der Waals surface area contributed by atoms with Crippen molar-refractivity contribution in [2.75, 3.05) is 32.1 Å². The largest absolute Gasteiger partial charge is 0.495 e. The molecule has 0 aliphatic heterocycles. The lowest BCUT2D eigenvalue weighted by Crippen LogP contribution is -3.14. The maximum Gasteiger partial charge on any atom is 0.279 e. The van der Waals surface area contributed by atoms with Crippen molar-refractivity contribution in [3.8, 4) is 5.75 Å². The van der Waals surface area contributed by atoms with E-state index in [1.54, 1.807) is 19.2 Å². The highest BCUT2D eigenvalue weighted by molar-refractivity contribution is 5.93. The lowest BCUT2D eigenvalue weighted by atomic mass is 10.2. The van der Waals surface area contributed by atoms with Crippen LogP contribution in [0.4, 0.5) is 5.69 Å². The number of ether oxygens (including phenoxy) is 1. The number of rotatable bonds is 9. The number of nitrogens with one attached hydrogen (secondary N) is 3. The van der Waals surface area contributed by atoms with Crippen LogP contribution in [0.2, 0.25) is 0 Å². The average molecular weight is 334 g/mol. The number of para-hydroxylation sites is 2. The summed E-state index contributed by atoms with van der Waals surface area (Å²) in [5.41, 5.74) is 0.646. The summed E-state index contributed by atoms with van der Waals surface area (Å²) in [6, 6.07) is 7.52. The topological polar surface area (TPSA) is 71.9 Å². The molecule has 2 rings (SSSR count). The van der Waals surface area contributed by atoms with E-state index in [0.717, 1.165) is 4.90 Å². The standard InChI is InChI=1S/C18H27N3O3/c1-4-21(11-17(22)19-13(2)14-9-10-14)12-18(23)20-15-7-5-6-8-16(15)24-3/h5-8,13-14H,4,9-12H2,1-3H3,(H,19,22)(H,20,23)/p+1/t13-/m1/s1. The van der Waals surface area contributed by atoms with Gasteiger partial charge in [0, 0.05) is 6.04 Å². The lowest BCUT2D eigenvalue weighted by molar-refractivity contribution is -0.881. The van der Waals surface area contributed by atoms with Gasteiger partial charge >= 0.3 is 0 Å². The molecule has 132 valence electrons. The molecule has 3 N–H and O–H groups in total. The number of hydrogen-bond donors (Lipinski definition) is 3. The Balaban J connectivity index is 1.82. The van der Waals surface area contributed by atoms with E-state index in [0.29, 0.717) is 30.4 Å². The van der Waals surface area contributed by atoms with Crippen LogP contribution < -0.4 is 20.3 Å². The summed E-state index contributed by atoms with van der Waals surface area (Å²) in [6.45, 7) is 5.30. The van der Waals surface area contributed by atoms with Gasteiger partial charge in [0.05, 0.1) is 19.3 Å².